The first-order chi connectivity index (χ1) is 12.8. The molecule has 0 bridgehead atoms. The van der Waals surface area contributed by atoms with E-state index in [1.54, 1.807) is 7.11 Å². The Bertz CT molecular complexity index is 575. The summed E-state index contributed by atoms with van der Waals surface area (Å²) in [5, 5.41) is 0. The van der Waals surface area contributed by atoms with Crippen molar-refractivity contribution in [2.24, 2.45) is 0 Å². The van der Waals surface area contributed by atoms with Gasteiger partial charge in [0.2, 0.25) is 0 Å². The zero-order chi connectivity index (χ0) is 18.2. The number of halogens is 1. The monoisotopic (exact) mass is 362 g/mol. The molecule has 0 aliphatic carbocycles. The van der Waals surface area contributed by atoms with Crippen molar-refractivity contribution in [3.8, 4) is 5.75 Å². The topological polar surface area (TPSA) is 22.2 Å². The zero-order valence-corrected chi connectivity index (χ0v) is 15.8. The van der Waals surface area contributed by atoms with Crippen LogP contribution >= 0.6 is 0 Å². The molecule has 1 aromatic carbocycles. The van der Waals surface area contributed by atoms with Gasteiger partial charge in [0.15, 0.2) is 0 Å². The number of ether oxygens (including phenoxy) is 1. The molecule has 2 aliphatic rings. The highest BCUT2D eigenvalue weighted by Crippen LogP contribution is 2.28. The average Bonchev–Trinajstić information content (AvgIpc) is 3.13. The minimum atomic E-state index is -0.279. The van der Waals surface area contributed by atoms with Crippen molar-refractivity contribution in [1.29, 1.82) is 0 Å². The number of hydrogen-bond donors (Lipinski definition) is 0. The smallest absolute Gasteiger partial charge is 0.142 e. The Morgan fingerprint density at radius 2 is 1.62 bits per heavy atom. The molecule has 0 atom stereocenters. The molecule has 1 saturated heterocycles. The second kappa shape index (κ2) is 9.67. The Morgan fingerprint density at radius 1 is 0.923 bits per heavy atom. The van der Waals surface area contributed by atoms with E-state index in [2.05, 4.69) is 33.0 Å². The van der Waals surface area contributed by atoms with Gasteiger partial charge in [0, 0.05) is 51.7 Å². The summed E-state index contributed by atoms with van der Waals surface area (Å²) in [5.41, 5.74) is 1.20. The van der Waals surface area contributed by atoms with Crippen LogP contribution in [0.25, 0.3) is 0 Å². The van der Waals surface area contributed by atoms with E-state index in [4.69, 9.17) is 4.74 Å². The summed E-state index contributed by atoms with van der Waals surface area (Å²) < 4.78 is 17.8. The van der Waals surface area contributed by atoms with Gasteiger partial charge in [-0.05, 0) is 31.5 Å². The summed E-state index contributed by atoms with van der Waals surface area (Å²) in [4.78, 5) is 9.28. The molecule has 144 valence electrons. The lowest BCUT2D eigenvalue weighted by Crippen LogP contribution is -2.46. The molecule has 0 spiro atoms. The maximum Gasteiger partial charge on any atom is 0.142 e. The van der Waals surface area contributed by atoms with Crippen LogP contribution in [0.2, 0.25) is 0 Å². The predicted octanol–water partition coefficient (Wildman–Crippen LogP) is 2.61. The fourth-order valence-electron chi connectivity index (χ4n) is 3.67. The summed E-state index contributed by atoms with van der Waals surface area (Å²) in [6.45, 7) is 7.58. The maximum absolute atomic E-state index is 12.4. The molecule has 2 aliphatic heterocycles. The van der Waals surface area contributed by atoms with Crippen LogP contribution < -0.4 is 9.64 Å². The zero-order valence-electron chi connectivity index (χ0n) is 15.8. The van der Waals surface area contributed by atoms with Gasteiger partial charge < -0.3 is 19.4 Å². The summed E-state index contributed by atoms with van der Waals surface area (Å²) in [7, 11) is 1.74. The van der Waals surface area contributed by atoms with Crippen molar-refractivity contribution in [2.75, 3.05) is 71.2 Å². The van der Waals surface area contributed by atoms with Crippen LogP contribution in [0.4, 0.5) is 10.1 Å². The van der Waals surface area contributed by atoms with E-state index in [0.717, 1.165) is 51.7 Å². The standard InChI is InChI=1S/C20H31FN4O/c1-26-20-7-3-2-6-19(20)25-16-14-22(15-17-25)9-4-5-10-23-12-13-24(18-23)11-8-21/h2-3,6-7,12-13H,4-5,8-11,14-18H2,1H3. The Labute approximate surface area is 156 Å². The Balaban J connectivity index is 1.32. The Hall–Kier alpha value is -1.95. The van der Waals surface area contributed by atoms with Crippen molar-refractivity contribution < 1.29 is 9.13 Å². The van der Waals surface area contributed by atoms with Gasteiger partial charge in [0.05, 0.1) is 19.5 Å². The molecule has 5 nitrogen and oxygen atoms in total. The predicted molar refractivity (Wildman–Crippen MR) is 104 cm³/mol. The van der Waals surface area contributed by atoms with Crippen molar-refractivity contribution in [1.82, 2.24) is 14.7 Å². The second-order valence-electron chi connectivity index (χ2n) is 6.96. The molecule has 26 heavy (non-hydrogen) atoms. The maximum atomic E-state index is 12.4. The largest absolute Gasteiger partial charge is 0.495 e. The number of nitrogens with zero attached hydrogens (tertiary/aromatic N) is 4. The Kier molecular flexibility index (Phi) is 7.00. The van der Waals surface area contributed by atoms with Gasteiger partial charge >= 0.3 is 0 Å². The number of alkyl halides is 1. The van der Waals surface area contributed by atoms with E-state index in [-0.39, 0.29) is 6.67 Å². The molecule has 0 radical (unpaired) electrons. The van der Waals surface area contributed by atoms with Crippen LogP contribution in [0, 0.1) is 0 Å². The van der Waals surface area contributed by atoms with Crippen molar-refractivity contribution in [2.45, 2.75) is 12.8 Å². The third kappa shape index (κ3) is 5.04. The summed E-state index contributed by atoms with van der Waals surface area (Å²) >= 11 is 0. The normalized spacial score (nSPS) is 18.0. The van der Waals surface area contributed by atoms with Gasteiger partial charge in [-0.15, -0.1) is 0 Å². The minimum Gasteiger partial charge on any atom is -0.495 e. The van der Waals surface area contributed by atoms with E-state index in [9.17, 15) is 4.39 Å². The number of unbranched alkanes of at least 4 members (excludes halogenated alkanes) is 1. The summed E-state index contributed by atoms with van der Waals surface area (Å²) in [5.74, 6) is 0.960. The molecule has 0 aromatic heterocycles. The third-order valence-corrected chi connectivity index (χ3v) is 5.19. The van der Waals surface area contributed by atoms with Gasteiger partial charge in [0.1, 0.15) is 12.4 Å². The highest BCUT2D eigenvalue weighted by Gasteiger charge is 2.19. The van der Waals surface area contributed by atoms with Gasteiger partial charge in [-0.1, -0.05) is 12.1 Å². The number of benzene rings is 1. The third-order valence-electron chi connectivity index (χ3n) is 5.19. The van der Waals surface area contributed by atoms with Crippen LogP contribution in [-0.2, 0) is 0 Å². The van der Waals surface area contributed by atoms with E-state index < -0.39 is 0 Å². The molecule has 0 saturated carbocycles. The van der Waals surface area contributed by atoms with Crippen LogP contribution in [0.15, 0.2) is 36.7 Å². The molecule has 6 heteroatoms. The number of rotatable bonds is 9. The van der Waals surface area contributed by atoms with E-state index in [1.807, 2.05) is 23.2 Å². The first-order valence-electron chi connectivity index (χ1n) is 9.63. The van der Waals surface area contributed by atoms with Crippen LogP contribution in [0.5, 0.6) is 5.75 Å². The number of para-hydroxylation sites is 2. The molecule has 1 aromatic rings. The van der Waals surface area contributed by atoms with Crippen LogP contribution in [0.1, 0.15) is 12.8 Å². The van der Waals surface area contributed by atoms with Crippen molar-refractivity contribution in [3.63, 3.8) is 0 Å². The Morgan fingerprint density at radius 3 is 2.35 bits per heavy atom. The van der Waals surface area contributed by atoms with Crippen molar-refractivity contribution in [3.05, 3.63) is 36.7 Å². The van der Waals surface area contributed by atoms with Crippen LogP contribution in [0.3, 0.4) is 0 Å². The lowest BCUT2D eigenvalue weighted by Gasteiger charge is -2.36. The average molecular weight is 362 g/mol. The molecule has 0 unspecified atom stereocenters. The molecule has 0 N–H and O–H groups in total. The van der Waals surface area contributed by atoms with Gasteiger partial charge in [-0.3, -0.25) is 4.90 Å². The van der Waals surface area contributed by atoms with Gasteiger partial charge in [0.25, 0.3) is 0 Å². The van der Waals surface area contributed by atoms with Gasteiger partial charge in [-0.25, -0.2) is 4.39 Å². The van der Waals surface area contributed by atoms with E-state index >= 15 is 0 Å². The summed E-state index contributed by atoms with van der Waals surface area (Å²) in [6.07, 6.45) is 6.47. The van der Waals surface area contributed by atoms with Crippen LogP contribution in [-0.4, -0.2) is 81.0 Å². The SMILES string of the molecule is COc1ccccc1N1CCN(CCCCN2C=CN(CCF)C2)CC1. The number of hydrogen-bond acceptors (Lipinski definition) is 5. The van der Waals surface area contributed by atoms with Gasteiger partial charge in [-0.2, -0.15) is 0 Å². The molecule has 2 heterocycles. The van der Waals surface area contributed by atoms with Crippen molar-refractivity contribution >= 4 is 5.69 Å². The second-order valence-corrected chi connectivity index (χ2v) is 6.96. The summed E-state index contributed by atoms with van der Waals surface area (Å²) in [6, 6.07) is 8.27. The van der Waals surface area contributed by atoms with E-state index in [0.29, 0.717) is 6.54 Å². The first kappa shape index (κ1) is 18.8. The number of methoxy groups -OCH3 is 1. The molecule has 0 amide bonds. The molecular formula is C20H31FN4O. The number of anilines is 1. The fourth-order valence-corrected chi connectivity index (χ4v) is 3.67. The molecule has 3 rings (SSSR count). The quantitative estimate of drug-likeness (QED) is 0.628. The molecule has 1 fully saturated rings. The lowest BCUT2D eigenvalue weighted by molar-refractivity contribution is 0.229. The highest BCUT2D eigenvalue weighted by molar-refractivity contribution is 5.58. The minimum absolute atomic E-state index is 0.279. The molecular weight excluding hydrogens is 331 g/mol. The highest BCUT2D eigenvalue weighted by atomic mass is 19.1. The van der Waals surface area contributed by atoms with E-state index in [1.165, 1.54) is 18.5 Å². The first-order valence-corrected chi connectivity index (χ1v) is 9.63. The number of piperazine rings is 1. The fraction of sp³-hybridized carbons (Fsp3) is 0.600. The lowest BCUT2D eigenvalue weighted by atomic mass is 10.2.